The van der Waals surface area contributed by atoms with Crippen molar-refractivity contribution in [3.63, 3.8) is 0 Å². The average Bonchev–Trinajstić information content (AvgIpc) is 2.66. The molecule has 2 aliphatic heterocycles. The summed E-state index contributed by atoms with van der Waals surface area (Å²) in [6, 6.07) is 0. The molecule has 3 nitrogen and oxygen atoms in total. The molecule has 0 radical (unpaired) electrons. The smallest absolute Gasteiger partial charge is 0.332 e. The fourth-order valence-corrected chi connectivity index (χ4v) is 2.63. The van der Waals surface area contributed by atoms with Crippen LogP contribution in [0, 0.1) is 0 Å². The van der Waals surface area contributed by atoms with Crippen molar-refractivity contribution >= 4 is 5.97 Å². The van der Waals surface area contributed by atoms with Gasteiger partial charge in [0.15, 0.2) is 0 Å². The van der Waals surface area contributed by atoms with Gasteiger partial charge in [0.2, 0.25) is 0 Å². The predicted octanol–water partition coefficient (Wildman–Crippen LogP) is 1.64. The monoisotopic (exact) mass is 213 g/mol. The number of halogens is 1. The van der Waals surface area contributed by atoms with Crippen LogP contribution in [0.15, 0.2) is 12.3 Å². The van der Waals surface area contributed by atoms with Gasteiger partial charge in [-0.05, 0) is 19.8 Å². The highest BCUT2D eigenvalue weighted by molar-refractivity contribution is 5.82. The molecule has 2 rings (SSSR count). The van der Waals surface area contributed by atoms with Crippen LogP contribution in [0.1, 0.15) is 26.2 Å². The Morgan fingerprint density at radius 1 is 1.80 bits per heavy atom. The zero-order valence-electron chi connectivity index (χ0n) is 8.96. The van der Waals surface area contributed by atoms with E-state index in [1.54, 1.807) is 11.8 Å². The van der Waals surface area contributed by atoms with Crippen LogP contribution in [0.25, 0.3) is 0 Å². The van der Waals surface area contributed by atoms with Crippen LogP contribution < -0.4 is 0 Å². The van der Waals surface area contributed by atoms with Crippen LogP contribution >= 0.6 is 0 Å². The number of hydrogen-bond donors (Lipinski definition) is 0. The van der Waals surface area contributed by atoms with Gasteiger partial charge < -0.3 is 9.64 Å². The van der Waals surface area contributed by atoms with Crippen molar-refractivity contribution in [2.45, 2.75) is 37.9 Å². The van der Waals surface area contributed by atoms with Crippen molar-refractivity contribution < 1.29 is 13.9 Å². The minimum absolute atomic E-state index is 0.255. The van der Waals surface area contributed by atoms with Crippen molar-refractivity contribution in [2.24, 2.45) is 0 Å². The molecule has 2 fully saturated rings. The second-order valence-corrected chi connectivity index (χ2v) is 4.23. The van der Waals surface area contributed by atoms with E-state index in [4.69, 9.17) is 4.74 Å². The predicted molar refractivity (Wildman–Crippen MR) is 54.0 cm³/mol. The number of allylic oxidation sites excluding steroid dienone is 1. The summed E-state index contributed by atoms with van der Waals surface area (Å²) in [5.41, 5.74) is 0.121. The van der Waals surface area contributed by atoms with Crippen LogP contribution in [0.4, 0.5) is 4.39 Å². The first-order valence-electron chi connectivity index (χ1n) is 5.37. The van der Waals surface area contributed by atoms with Gasteiger partial charge in [-0.3, -0.25) is 0 Å². The van der Waals surface area contributed by atoms with Crippen LogP contribution in [-0.2, 0) is 9.53 Å². The van der Waals surface area contributed by atoms with E-state index >= 15 is 0 Å². The second kappa shape index (κ2) is 3.51. The van der Waals surface area contributed by atoms with Gasteiger partial charge in [0.05, 0.1) is 13.2 Å². The number of esters is 1. The van der Waals surface area contributed by atoms with Crippen LogP contribution in [0.2, 0.25) is 0 Å². The summed E-state index contributed by atoms with van der Waals surface area (Å²) in [7, 11) is 0. The van der Waals surface area contributed by atoms with Crippen molar-refractivity contribution in [3.05, 3.63) is 12.3 Å². The number of hydrogen-bond acceptors (Lipinski definition) is 3. The Balaban J connectivity index is 2.24. The zero-order valence-corrected chi connectivity index (χ0v) is 8.96. The summed E-state index contributed by atoms with van der Waals surface area (Å²) in [5, 5.41) is 0. The Hall–Kier alpha value is -1.06. The number of rotatable bonds is 2. The summed E-state index contributed by atoms with van der Waals surface area (Å²) in [6.07, 6.45) is 0.730. The molecule has 0 aromatic rings. The highest BCUT2D eigenvalue weighted by atomic mass is 19.1. The first kappa shape index (κ1) is 10.5. The lowest BCUT2D eigenvalue weighted by Gasteiger charge is -2.30. The number of carbonyl (C=O) groups is 1. The second-order valence-electron chi connectivity index (χ2n) is 4.23. The molecule has 0 amide bonds. The summed E-state index contributed by atoms with van der Waals surface area (Å²) in [6.45, 7) is 6.27. The van der Waals surface area contributed by atoms with Gasteiger partial charge in [0.25, 0.3) is 0 Å². The third-order valence-corrected chi connectivity index (χ3v) is 3.32. The molecule has 4 heteroatoms. The Labute approximate surface area is 88.9 Å². The number of alkyl halides is 1. The van der Waals surface area contributed by atoms with E-state index in [2.05, 4.69) is 6.58 Å². The average molecular weight is 213 g/mol. The zero-order chi connectivity index (χ0) is 11.1. The maximum absolute atomic E-state index is 13.4. The third-order valence-electron chi connectivity index (χ3n) is 3.32. The van der Waals surface area contributed by atoms with Crippen LogP contribution in [0.5, 0.6) is 0 Å². The summed E-state index contributed by atoms with van der Waals surface area (Å²) < 4.78 is 18.4. The molecule has 2 heterocycles. The lowest BCUT2D eigenvalue weighted by molar-refractivity contribution is -0.154. The largest absolute Gasteiger partial charge is 0.464 e. The Morgan fingerprint density at radius 2 is 2.53 bits per heavy atom. The molecular formula is C11H16FNO2. The Morgan fingerprint density at radius 3 is 3.20 bits per heavy atom. The van der Waals surface area contributed by atoms with E-state index in [0.29, 0.717) is 13.0 Å². The molecule has 0 bridgehead atoms. The quantitative estimate of drug-likeness (QED) is 0.653. The van der Waals surface area contributed by atoms with Crippen LogP contribution in [-0.4, -0.2) is 35.7 Å². The van der Waals surface area contributed by atoms with Gasteiger partial charge in [-0.2, -0.15) is 0 Å². The summed E-state index contributed by atoms with van der Waals surface area (Å²) in [5.74, 6) is -0.288. The van der Waals surface area contributed by atoms with E-state index in [9.17, 15) is 9.18 Å². The van der Waals surface area contributed by atoms with Gasteiger partial charge in [0.1, 0.15) is 11.7 Å². The molecular weight excluding hydrogens is 197 g/mol. The fourth-order valence-electron chi connectivity index (χ4n) is 2.63. The highest BCUT2D eigenvalue weighted by Crippen LogP contribution is 2.45. The maximum Gasteiger partial charge on any atom is 0.332 e. The minimum atomic E-state index is -0.938. The minimum Gasteiger partial charge on any atom is -0.464 e. The summed E-state index contributed by atoms with van der Waals surface area (Å²) in [4.78, 5) is 13.7. The van der Waals surface area contributed by atoms with Gasteiger partial charge >= 0.3 is 5.97 Å². The molecule has 0 aromatic heterocycles. The van der Waals surface area contributed by atoms with E-state index < -0.39 is 11.7 Å². The Kier molecular flexibility index (Phi) is 2.44. The molecule has 0 aromatic carbocycles. The van der Waals surface area contributed by atoms with E-state index in [-0.39, 0.29) is 18.9 Å². The Bertz CT molecular complexity index is 305. The van der Waals surface area contributed by atoms with E-state index in [1.807, 2.05) is 0 Å². The number of carbonyl (C=O) groups excluding carboxylic acids is 1. The number of ether oxygens (including phenoxy) is 1. The standard InChI is InChI=1S/C11H16FNO2/c1-3-15-10(14)11-5-4-8(2)13(11)7-9(12)6-11/h9H,2-7H2,1H3. The highest BCUT2D eigenvalue weighted by Gasteiger charge is 2.56. The molecule has 2 saturated heterocycles. The lowest BCUT2D eigenvalue weighted by Crippen LogP contribution is -2.46. The van der Waals surface area contributed by atoms with Gasteiger partial charge in [0, 0.05) is 12.1 Å². The molecule has 0 saturated carbocycles. The molecule has 0 N–H and O–H groups in total. The topological polar surface area (TPSA) is 29.5 Å². The number of nitrogens with zero attached hydrogens (tertiary/aromatic N) is 1. The normalized spacial score (nSPS) is 34.4. The molecule has 0 spiro atoms. The van der Waals surface area contributed by atoms with Crippen molar-refractivity contribution in [2.75, 3.05) is 13.2 Å². The van der Waals surface area contributed by atoms with E-state index in [0.717, 1.165) is 12.1 Å². The molecule has 15 heavy (non-hydrogen) atoms. The van der Waals surface area contributed by atoms with Crippen molar-refractivity contribution in [1.29, 1.82) is 0 Å². The van der Waals surface area contributed by atoms with Gasteiger partial charge in [-0.1, -0.05) is 6.58 Å². The molecule has 2 atom stereocenters. The molecule has 0 aliphatic carbocycles. The van der Waals surface area contributed by atoms with E-state index in [1.165, 1.54) is 0 Å². The molecule has 84 valence electrons. The lowest BCUT2D eigenvalue weighted by atomic mass is 9.94. The third kappa shape index (κ3) is 1.43. The van der Waals surface area contributed by atoms with Crippen LogP contribution in [0.3, 0.4) is 0 Å². The SMILES string of the molecule is C=C1CCC2(C(=O)OCC)CC(F)CN12. The molecule has 2 unspecified atom stereocenters. The summed E-state index contributed by atoms with van der Waals surface area (Å²) >= 11 is 0. The van der Waals surface area contributed by atoms with Gasteiger partial charge in [-0.15, -0.1) is 0 Å². The maximum atomic E-state index is 13.4. The van der Waals surface area contributed by atoms with Gasteiger partial charge in [-0.25, -0.2) is 9.18 Å². The van der Waals surface area contributed by atoms with Crippen molar-refractivity contribution in [1.82, 2.24) is 4.90 Å². The van der Waals surface area contributed by atoms with Crippen molar-refractivity contribution in [3.8, 4) is 0 Å². The fraction of sp³-hybridized carbons (Fsp3) is 0.727. The number of fused-ring (bicyclic) bond motifs is 1. The molecule has 2 aliphatic rings. The first-order valence-corrected chi connectivity index (χ1v) is 5.37. The first-order chi connectivity index (χ1) is 7.10.